The summed E-state index contributed by atoms with van der Waals surface area (Å²) in [7, 11) is 4.72. The van der Waals surface area contributed by atoms with Crippen LogP contribution in [0.3, 0.4) is 0 Å². The molecule has 5 nitrogen and oxygen atoms in total. The van der Waals surface area contributed by atoms with Gasteiger partial charge in [-0.1, -0.05) is 12.1 Å². The van der Waals surface area contributed by atoms with Crippen molar-refractivity contribution < 1.29 is 23.7 Å². The van der Waals surface area contributed by atoms with Crippen LogP contribution < -0.4 is 14.2 Å². The predicted molar refractivity (Wildman–Crippen MR) is 101 cm³/mol. The van der Waals surface area contributed by atoms with Gasteiger partial charge in [0.15, 0.2) is 5.78 Å². The Labute approximate surface area is 154 Å². The highest BCUT2D eigenvalue weighted by Crippen LogP contribution is 2.25. The van der Waals surface area contributed by atoms with Gasteiger partial charge in [-0.05, 0) is 48.9 Å². The van der Waals surface area contributed by atoms with Crippen LogP contribution in [0.4, 0.5) is 0 Å². The zero-order chi connectivity index (χ0) is 18.9. The SMILES string of the molecule is CCOCc1cc(/C=C/C(=O)c2cc(OC)ccc2OC)ccc1OC. The van der Waals surface area contributed by atoms with Crippen LogP contribution >= 0.6 is 0 Å². The number of hydrogen-bond acceptors (Lipinski definition) is 5. The second-order valence-electron chi connectivity index (χ2n) is 5.47. The van der Waals surface area contributed by atoms with Gasteiger partial charge in [-0.2, -0.15) is 0 Å². The summed E-state index contributed by atoms with van der Waals surface area (Å²) in [4.78, 5) is 12.6. The summed E-state index contributed by atoms with van der Waals surface area (Å²) in [5, 5.41) is 0. The highest BCUT2D eigenvalue weighted by atomic mass is 16.5. The highest BCUT2D eigenvalue weighted by molar-refractivity contribution is 6.08. The van der Waals surface area contributed by atoms with Gasteiger partial charge in [-0.3, -0.25) is 4.79 Å². The molecular formula is C21H24O5. The van der Waals surface area contributed by atoms with Crippen molar-refractivity contribution in [1.29, 1.82) is 0 Å². The summed E-state index contributed by atoms with van der Waals surface area (Å²) in [6.07, 6.45) is 3.28. The first-order valence-corrected chi connectivity index (χ1v) is 8.32. The molecule has 0 spiro atoms. The molecule has 26 heavy (non-hydrogen) atoms. The number of carbonyl (C=O) groups excluding carboxylic acids is 1. The summed E-state index contributed by atoms with van der Waals surface area (Å²) in [5.41, 5.74) is 2.27. The Morgan fingerprint density at radius 3 is 2.35 bits per heavy atom. The van der Waals surface area contributed by atoms with E-state index in [1.807, 2.05) is 25.1 Å². The van der Waals surface area contributed by atoms with Crippen molar-refractivity contribution in [3.63, 3.8) is 0 Å². The van der Waals surface area contributed by atoms with E-state index in [2.05, 4.69) is 0 Å². The average Bonchev–Trinajstić information content (AvgIpc) is 2.69. The number of methoxy groups -OCH3 is 3. The molecule has 0 saturated carbocycles. The van der Waals surface area contributed by atoms with E-state index < -0.39 is 0 Å². The Morgan fingerprint density at radius 2 is 1.69 bits per heavy atom. The number of allylic oxidation sites excluding steroid dienone is 1. The van der Waals surface area contributed by atoms with Gasteiger partial charge < -0.3 is 18.9 Å². The summed E-state index contributed by atoms with van der Waals surface area (Å²) in [6.45, 7) is 3.02. The molecule has 0 aliphatic rings. The maximum absolute atomic E-state index is 12.6. The van der Waals surface area contributed by atoms with E-state index in [0.717, 1.165) is 16.9 Å². The van der Waals surface area contributed by atoms with Crippen molar-refractivity contribution >= 4 is 11.9 Å². The molecule has 0 bridgehead atoms. The van der Waals surface area contributed by atoms with Crippen LogP contribution in [0.5, 0.6) is 17.2 Å². The van der Waals surface area contributed by atoms with Crippen molar-refractivity contribution in [2.75, 3.05) is 27.9 Å². The molecule has 0 N–H and O–H groups in total. The first-order chi connectivity index (χ1) is 12.6. The van der Waals surface area contributed by atoms with Crippen molar-refractivity contribution in [3.05, 3.63) is 59.2 Å². The molecular weight excluding hydrogens is 332 g/mol. The number of ether oxygens (including phenoxy) is 4. The third-order valence-corrected chi connectivity index (χ3v) is 3.87. The van der Waals surface area contributed by atoms with Gasteiger partial charge in [0.05, 0.1) is 33.5 Å². The second-order valence-corrected chi connectivity index (χ2v) is 5.47. The van der Waals surface area contributed by atoms with Crippen LogP contribution in [0.2, 0.25) is 0 Å². The van der Waals surface area contributed by atoms with E-state index in [1.165, 1.54) is 13.2 Å². The van der Waals surface area contributed by atoms with Crippen molar-refractivity contribution in [1.82, 2.24) is 0 Å². The van der Waals surface area contributed by atoms with Gasteiger partial charge in [0.2, 0.25) is 0 Å². The molecule has 138 valence electrons. The fraction of sp³-hybridized carbons (Fsp3) is 0.286. The second kappa shape index (κ2) is 9.63. The number of ketones is 1. The third-order valence-electron chi connectivity index (χ3n) is 3.87. The summed E-state index contributed by atoms with van der Waals surface area (Å²) < 4.78 is 21.3. The fourth-order valence-electron chi connectivity index (χ4n) is 2.50. The van der Waals surface area contributed by atoms with Crippen LogP contribution in [-0.4, -0.2) is 33.7 Å². The minimum atomic E-state index is -0.164. The van der Waals surface area contributed by atoms with Gasteiger partial charge in [0.1, 0.15) is 17.2 Å². The Morgan fingerprint density at radius 1 is 0.962 bits per heavy atom. The van der Waals surface area contributed by atoms with Gasteiger partial charge in [0.25, 0.3) is 0 Å². The highest BCUT2D eigenvalue weighted by Gasteiger charge is 2.11. The van der Waals surface area contributed by atoms with Crippen molar-refractivity contribution in [2.45, 2.75) is 13.5 Å². The molecule has 5 heteroatoms. The lowest BCUT2D eigenvalue weighted by atomic mass is 10.1. The molecule has 0 unspecified atom stereocenters. The number of benzene rings is 2. The molecule has 0 aromatic heterocycles. The quantitative estimate of drug-likeness (QED) is 0.499. The fourth-order valence-corrected chi connectivity index (χ4v) is 2.50. The van der Waals surface area contributed by atoms with E-state index >= 15 is 0 Å². The maximum atomic E-state index is 12.6. The van der Waals surface area contributed by atoms with Crippen molar-refractivity contribution in [2.24, 2.45) is 0 Å². The first-order valence-electron chi connectivity index (χ1n) is 8.32. The molecule has 0 saturated heterocycles. The Hall–Kier alpha value is -2.79. The Bertz CT molecular complexity index is 780. The van der Waals surface area contributed by atoms with Gasteiger partial charge in [-0.15, -0.1) is 0 Å². The zero-order valence-electron chi connectivity index (χ0n) is 15.6. The monoisotopic (exact) mass is 356 g/mol. The molecule has 0 amide bonds. The molecule has 0 aliphatic heterocycles. The maximum Gasteiger partial charge on any atom is 0.189 e. The molecule has 0 radical (unpaired) electrons. The zero-order valence-corrected chi connectivity index (χ0v) is 15.6. The molecule has 0 aliphatic carbocycles. The van der Waals surface area contributed by atoms with Gasteiger partial charge in [-0.25, -0.2) is 0 Å². The first kappa shape index (κ1) is 19.5. The minimum absolute atomic E-state index is 0.164. The van der Waals surface area contributed by atoms with E-state index in [0.29, 0.717) is 30.3 Å². The van der Waals surface area contributed by atoms with Crippen molar-refractivity contribution in [3.8, 4) is 17.2 Å². The number of carbonyl (C=O) groups is 1. The van der Waals surface area contributed by atoms with Crippen LogP contribution in [0.25, 0.3) is 6.08 Å². The average molecular weight is 356 g/mol. The van der Waals surface area contributed by atoms with Crippen LogP contribution in [0.15, 0.2) is 42.5 Å². The number of hydrogen-bond donors (Lipinski definition) is 0. The van der Waals surface area contributed by atoms with Gasteiger partial charge in [0, 0.05) is 12.2 Å². The summed E-state index contributed by atoms with van der Waals surface area (Å²) in [5.74, 6) is 1.71. The van der Waals surface area contributed by atoms with E-state index in [9.17, 15) is 4.79 Å². The minimum Gasteiger partial charge on any atom is -0.497 e. The smallest absolute Gasteiger partial charge is 0.189 e. The molecule has 0 heterocycles. The topological polar surface area (TPSA) is 54.0 Å². The molecule has 0 atom stereocenters. The van der Waals surface area contributed by atoms with E-state index in [4.69, 9.17) is 18.9 Å². The Balaban J connectivity index is 2.25. The standard InChI is InChI=1S/C21H24O5/c1-5-26-14-16-12-15(7-10-20(16)24-3)6-9-19(22)18-13-17(23-2)8-11-21(18)25-4/h6-13H,5,14H2,1-4H3/b9-6+. The van der Waals surface area contributed by atoms with E-state index in [1.54, 1.807) is 38.5 Å². The van der Waals surface area contributed by atoms with E-state index in [-0.39, 0.29) is 5.78 Å². The molecule has 2 aromatic carbocycles. The lowest BCUT2D eigenvalue weighted by molar-refractivity contribution is 0.104. The van der Waals surface area contributed by atoms with Crippen LogP contribution in [0.1, 0.15) is 28.4 Å². The molecule has 2 rings (SSSR count). The normalized spacial score (nSPS) is 10.8. The Kier molecular flexibility index (Phi) is 7.24. The number of rotatable bonds is 9. The lowest BCUT2D eigenvalue weighted by Gasteiger charge is -2.10. The molecule has 2 aromatic rings. The van der Waals surface area contributed by atoms with Gasteiger partial charge >= 0.3 is 0 Å². The third kappa shape index (κ3) is 4.86. The van der Waals surface area contributed by atoms with Crippen LogP contribution in [0, 0.1) is 0 Å². The summed E-state index contributed by atoms with van der Waals surface area (Å²) >= 11 is 0. The molecule has 0 fully saturated rings. The largest absolute Gasteiger partial charge is 0.497 e. The van der Waals surface area contributed by atoms with Crippen LogP contribution in [-0.2, 0) is 11.3 Å². The lowest BCUT2D eigenvalue weighted by Crippen LogP contribution is -2.00. The summed E-state index contributed by atoms with van der Waals surface area (Å²) in [6, 6.07) is 10.8. The predicted octanol–water partition coefficient (Wildman–Crippen LogP) is 4.15.